The molecule has 4 aromatic rings. The van der Waals surface area contributed by atoms with Gasteiger partial charge in [0.05, 0.1) is 16.6 Å². The first kappa shape index (κ1) is 16.6. The number of thiazole rings is 1. The molecule has 0 atom stereocenters. The summed E-state index contributed by atoms with van der Waals surface area (Å²) in [7, 11) is 1.61. The predicted octanol–water partition coefficient (Wildman–Crippen LogP) is 4.34. The van der Waals surface area contributed by atoms with Crippen LogP contribution in [0.25, 0.3) is 21.0 Å². The number of hydrogen-bond acceptors (Lipinski definition) is 2. The zero-order chi connectivity index (χ0) is 18.3. The smallest absolute Gasteiger partial charge is 0.252 e. The van der Waals surface area contributed by atoms with Crippen LogP contribution in [0.2, 0.25) is 0 Å². The Balaban J connectivity index is 1.74. The van der Waals surface area contributed by atoms with Gasteiger partial charge in [-0.25, -0.2) is 8.78 Å². The first-order valence-electron chi connectivity index (χ1n) is 8.02. The topological polar surface area (TPSA) is 34.4 Å². The third-order valence-electron chi connectivity index (χ3n) is 4.26. The van der Waals surface area contributed by atoms with Crippen molar-refractivity contribution >= 4 is 38.2 Å². The fourth-order valence-electron chi connectivity index (χ4n) is 3.06. The Morgan fingerprint density at radius 3 is 2.73 bits per heavy atom. The summed E-state index contributed by atoms with van der Waals surface area (Å²) in [5, 5.41) is 2.06. The number of carbonyl (C=O) groups excluding carboxylic acids is 1. The van der Waals surface area contributed by atoms with Gasteiger partial charge < -0.3 is 4.57 Å². The van der Waals surface area contributed by atoms with Gasteiger partial charge in [0.25, 0.3) is 5.91 Å². The highest BCUT2D eigenvalue weighted by Gasteiger charge is 2.12. The molecule has 0 unspecified atom stereocenters. The van der Waals surface area contributed by atoms with E-state index < -0.39 is 11.6 Å². The molecule has 0 fully saturated rings. The van der Waals surface area contributed by atoms with Gasteiger partial charge in [0.15, 0.2) is 10.6 Å². The van der Waals surface area contributed by atoms with Crippen LogP contribution < -0.4 is 4.80 Å². The number of halogens is 2. The molecular formula is C20H14F2N2OS. The Hall–Kier alpha value is -2.86. The van der Waals surface area contributed by atoms with Crippen LogP contribution >= 0.6 is 11.3 Å². The molecule has 3 aromatic carbocycles. The van der Waals surface area contributed by atoms with Crippen LogP contribution in [0.5, 0.6) is 0 Å². The minimum atomic E-state index is -0.665. The van der Waals surface area contributed by atoms with Gasteiger partial charge >= 0.3 is 0 Å². The number of carbonyl (C=O) groups is 1. The lowest BCUT2D eigenvalue weighted by Crippen LogP contribution is -2.14. The summed E-state index contributed by atoms with van der Waals surface area (Å²) in [6.07, 6.45) is 0.145. The van der Waals surface area contributed by atoms with E-state index in [4.69, 9.17) is 0 Å². The largest absolute Gasteiger partial charge is 0.317 e. The summed E-state index contributed by atoms with van der Waals surface area (Å²) < 4.78 is 29.3. The summed E-state index contributed by atoms with van der Waals surface area (Å²) in [5.74, 6) is -1.64. The van der Waals surface area contributed by atoms with Crippen LogP contribution in [0.3, 0.4) is 0 Å². The molecule has 4 rings (SSSR count). The summed E-state index contributed by atoms with van der Waals surface area (Å²) in [6, 6.07) is 15.7. The number of amides is 1. The monoisotopic (exact) mass is 368 g/mol. The first-order valence-corrected chi connectivity index (χ1v) is 8.83. The normalized spacial score (nSPS) is 12.2. The summed E-state index contributed by atoms with van der Waals surface area (Å²) in [4.78, 5) is 16.9. The molecule has 0 aliphatic heterocycles. The fraction of sp³-hybridized carbons (Fsp3) is 0.100. The maximum atomic E-state index is 14.0. The van der Waals surface area contributed by atoms with Gasteiger partial charge in [0.1, 0.15) is 5.82 Å². The zero-order valence-corrected chi connectivity index (χ0v) is 14.7. The number of fused-ring (bicyclic) bond motifs is 2. The van der Waals surface area contributed by atoms with Crippen molar-refractivity contribution in [3.63, 3.8) is 0 Å². The van der Waals surface area contributed by atoms with Gasteiger partial charge in [-0.2, -0.15) is 4.99 Å². The van der Waals surface area contributed by atoms with E-state index in [1.807, 2.05) is 42.5 Å². The number of aryl methyl sites for hydroxylation is 1. The van der Waals surface area contributed by atoms with Crippen molar-refractivity contribution < 1.29 is 13.6 Å². The Labute approximate surface area is 151 Å². The molecule has 0 bridgehead atoms. The minimum absolute atomic E-state index is 0.145. The third-order valence-corrected chi connectivity index (χ3v) is 5.34. The van der Waals surface area contributed by atoms with E-state index in [0.29, 0.717) is 9.50 Å². The summed E-state index contributed by atoms with van der Waals surface area (Å²) in [6.45, 7) is 0. The van der Waals surface area contributed by atoms with E-state index >= 15 is 0 Å². The highest BCUT2D eigenvalue weighted by molar-refractivity contribution is 7.16. The average molecular weight is 368 g/mol. The molecule has 0 aliphatic carbocycles. The second-order valence-corrected chi connectivity index (χ2v) is 7.01. The van der Waals surface area contributed by atoms with Crippen molar-refractivity contribution in [2.24, 2.45) is 12.0 Å². The Morgan fingerprint density at radius 1 is 1.12 bits per heavy atom. The molecule has 1 heterocycles. The Morgan fingerprint density at radius 2 is 1.88 bits per heavy atom. The van der Waals surface area contributed by atoms with Crippen LogP contribution in [-0.4, -0.2) is 10.5 Å². The standard InChI is InChI=1S/C20H14F2N2OS/c1-24-19-16(22)10-14(21)11-17(19)26-20(24)23-18(25)9-13-7-4-6-12-5-2-3-8-15(12)13/h2-8,10-11H,9H2,1H3. The van der Waals surface area contributed by atoms with Gasteiger partial charge in [-0.05, 0) is 22.4 Å². The molecule has 1 amide bonds. The van der Waals surface area contributed by atoms with E-state index in [1.165, 1.54) is 10.6 Å². The van der Waals surface area contributed by atoms with Gasteiger partial charge in [-0.15, -0.1) is 0 Å². The average Bonchev–Trinajstić information content (AvgIpc) is 2.90. The lowest BCUT2D eigenvalue weighted by Gasteiger charge is -2.04. The number of aromatic nitrogens is 1. The molecule has 6 heteroatoms. The Bertz CT molecular complexity index is 1220. The van der Waals surface area contributed by atoms with Crippen LogP contribution in [0.15, 0.2) is 59.6 Å². The summed E-state index contributed by atoms with van der Waals surface area (Å²) >= 11 is 1.09. The maximum Gasteiger partial charge on any atom is 0.252 e. The molecule has 1 aromatic heterocycles. The fourth-order valence-corrected chi connectivity index (χ4v) is 4.14. The molecule has 0 N–H and O–H groups in total. The molecule has 0 aliphatic rings. The lowest BCUT2D eigenvalue weighted by molar-refractivity contribution is -0.117. The molecule has 0 saturated heterocycles. The van der Waals surface area contributed by atoms with Crippen molar-refractivity contribution in [3.8, 4) is 0 Å². The van der Waals surface area contributed by atoms with E-state index in [2.05, 4.69) is 4.99 Å². The van der Waals surface area contributed by atoms with Gasteiger partial charge in [0.2, 0.25) is 0 Å². The number of nitrogens with zero attached hydrogens (tertiary/aromatic N) is 2. The van der Waals surface area contributed by atoms with Crippen LogP contribution in [0, 0.1) is 11.6 Å². The van der Waals surface area contributed by atoms with Gasteiger partial charge in [-0.1, -0.05) is 53.8 Å². The molecule has 130 valence electrons. The van der Waals surface area contributed by atoms with Crippen molar-refractivity contribution in [2.45, 2.75) is 6.42 Å². The van der Waals surface area contributed by atoms with Crippen LogP contribution in [0.1, 0.15) is 5.56 Å². The zero-order valence-electron chi connectivity index (χ0n) is 13.9. The van der Waals surface area contributed by atoms with Gasteiger partial charge in [-0.3, -0.25) is 4.79 Å². The van der Waals surface area contributed by atoms with Crippen molar-refractivity contribution in [1.82, 2.24) is 4.57 Å². The first-order chi connectivity index (χ1) is 12.5. The predicted molar refractivity (Wildman–Crippen MR) is 98.9 cm³/mol. The quantitative estimate of drug-likeness (QED) is 0.518. The molecule has 3 nitrogen and oxygen atoms in total. The van der Waals surface area contributed by atoms with Crippen molar-refractivity contribution in [1.29, 1.82) is 0 Å². The molecule has 26 heavy (non-hydrogen) atoms. The second kappa shape index (κ2) is 6.46. The Kier molecular flexibility index (Phi) is 4.12. The SMILES string of the molecule is Cn1c(=NC(=O)Cc2cccc3ccccc23)sc2cc(F)cc(F)c21. The van der Waals surface area contributed by atoms with E-state index in [1.54, 1.807) is 7.05 Å². The third kappa shape index (κ3) is 2.93. The molecule has 0 spiro atoms. The van der Waals surface area contributed by atoms with E-state index in [-0.39, 0.29) is 17.8 Å². The second-order valence-electron chi connectivity index (χ2n) is 6.00. The van der Waals surface area contributed by atoms with Crippen molar-refractivity contribution in [3.05, 3.63) is 76.6 Å². The minimum Gasteiger partial charge on any atom is -0.317 e. The molecule has 0 saturated carbocycles. The van der Waals surface area contributed by atoms with Crippen molar-refractivity contribution in [2.75, 3.05) is 0 Å². The van der Waals surface area contributed by atoms with E-state index in [9.17, 15) is 13.6 Å². The van der Waals surface area contributed by atoms with Crippen LogP contribution in [0.4, 0.5) is 8.78 Å². The molecular weight excluding hydrogens is 354 g/mol. The molecule has 0 radical (unpaired) electrons. The lowest BCUT2D eigenvalue weighted by atomic mass is 10.0. The maximum absolute atomic E-state index is 14.0. The highest BCUT2D eigenvalue weighted by atomic mass is 32.1. The van der Waals surface area contributed by atoms with Crippen LogP contribution in [-0.2, 0) is 18.3 Å². The number of rotatable bonds is 2. The summed E-state index contributed by atoms with van der Waals surface area (Å²) in [5.41, 5.74) is 1.13. The number of benzene rings is 3. The number of hydrogen-bond donors (Lipinski definition) is 0. The highest BCUT2D eigenvalue weighted by Crippen LogP contribution is 2.22. The van der Waals surface area contributed by atoms with Gasteiger partial charge in [0, 0.05) is 13.1 Å². The van der Waals surface area contributed by atoms with E-state index in [0.717, 1.165) is 33.7 Å².